The number of methoxy groups -OCH3 is 1. The molecule has 4 nitrogen and oxygen atoms in total. The molecule has 3 rings (SSSR count). The van der Waals surface area contributed by atoms with Crippen LogP contribution in [0.5, 0.6) is 11.5 Å². The number of thiophene rings is 1. The monoisotopic (exact) mass is 299 g/mol. The van der Waals surface area contributed by atoms with Crippen LogP contribution >= 0.6 is 11.3 Å². The first kappa shape index (κ1) is 13.6. The zero-order valence-corrected chi connectivity index (χ0v) is 12.4. The lowest BCUT2D eigenvalue weighted by molar-refractivity contribution is -0.131. The van der Waals surface area contributed by atoms with E-state index in [1.165, 1.54) is 6.92 Å². The largest absolute Gasteiger partial charge is 0.497 e. The third kappa shape index (κ3) is 2.60. The highest BCUT2D eigenvalue weighted by molar-refractivity contribution is 7.22. The predicted octanol–water partition coefficient (Wildman–Crippen LogP) is 3.90. The zero-order chi connectivity index (χ0) is 14.8. The van der Waals surface area contributed by atoms with Gasteiger partial charge in [-0.3, -0.25) is 9.78 Å². The average Bonchev–Trinajstić information content (AvgIpc) is 2.86. The van der Waals surface area contributed by atoms with Crippen LogP contribution in [-0.2, 0) is 4.79 Å². The van der Waals surface area contributed by atoms with Crippen molar-refractivity contribution in [3.05, 3.63) is 42.7 Å². The van der Waals surface area contributed by atoms with Gasteiger partial charge in [0.05, 0.1) is 16.7 Å². The maximum Gasteiger partial charge on any atom is 0.308 e. The van der Waals surface area contributed by atoms with Gasteiger partial charge in [0.15, 0.2) is 5.75 Å². The van der Waals surface area contributed by atoms with Gasteiger partial charge in [-0.05, 0) is 35.9 Å². The summed E-state index contributed by atoms with van der Waals surface area (Å²) >= 11 is 1.55. The summed E-state index contributed by atoms with van der Waals surface area (Å²) in [5, 5.41) is 0.899. The van der Waals surface area contributed by atoms with E-state index in [1.807, 2.05) is 30.3 Å². The molecule has 21 heavy (non-hydrogen) atoms. The fourth-order valence-corrected chi connectivity index (χ4v) is 3.21. The Balaban J connectivity index is 2.17. The molecular formula is C16H13NO3S. The predicted molar refractivity (Wildman–Crippen MR) is 82.9 cm³/mol. The number of benzene rings is 1. The van der Waals surface area contributed by atoms with Gasteiger partial charge in [0.2, 0.25) is 0 Å². The fraction of sp³-hybridized carbons (Fsp3) is 0.125. The van der Waals surface area contributed by atoms with E-state index in [0.717, 1.165) is 26.3 Å². The van der Waals surface area contributed by atoms with E-state index in [-0.39, 0.29) is 5.97 Å². The van der Waals surface area contributed by atoms with Gasteiger partial charge >= 0.3 is 5.97 Å². The van der Waals surface area contributed by atoms with Crippen LogP contribution in [-0.4, -0.2) is 18.1 Å². The number of hydrogen-bond donors (Lipinski definition) is 0. The van der Waals surface area contributed by atoms with Crippen molar-refractivity contribution < 1.29 is 14.3 Å². The molecule has 0 aliphatic rings. The highest BCUT2D eigenvalue weighted by Crippen LogP contribution is 2.44. The van der Waals surface area contributed by atoms with Crippen LogP contribution < -0.4 is 9.47 Å². The molecule has 0 aliphatic heterocycles. The maximum atomic E-state index is 11.4. The van der Waals surface area contributed by atoms with Crippen molar-refractivity contribution in [3.8, 4) is 21.9 Å². The molecule has 0 bridgehead atoms. The smallest absolute Gasteiger partial charge is 0.308 e. The molecule has 106 valence electrons. The first-order valence-corrected chi connectivity index (χ1v) is 7.20. The number of esters is 1. The van der Waals surface area contributed by atoms with E-state index in [1.54, 1.807) is 30.8 Å². The summed E-state index contributed by atoms with van der Waals surface area (Å²) in [7, 11) is 1.63. The van der Waals surface area contributed by atoms with Gasteiger partial charge in [-0.25, -0.2) is 0 Å². The second-order valence-corrected chi connectivity index (χ2v) is 5.51. The molecule has 0 radical (unpaired) electrons. The summed E-state index contributed by atoms with van der Waals surface area (Å²) in [6, 6.07) is 9.52. The van der Waals surface area contributed by atoms with Crippen LogP contribution in [0.4, 0.5) is 0 Å². The summed E-state index contributed by atoms with van der Waals surface area (Å²) in [6.45, 7) is 1.41. The number of ether oxygens (including phenoxy) is 2. The Bertz CT molecular complexity index is 793. The Morgan fingerprint density at radius 1 is 1.19 bits per heavy atom. The third-order valence-corrected chi connectivity index (χ3v) is 4.22. The van der Waals surface area contributed by atoms with Crippen molar-refractivity contribution in [2.45, 2.75) is 6.92 Å². The number of fused-ring (bicyclic) bond motifs is 1. The van der Waals surface area contributed by atoms with E-state index in [4.69, 9.17) is 9.47 Å². The molecule has 0 atom stereocenters. The number of rotatable bonds is 3. The van der Waals surface area contributed by atoms with Crippen molar-refractivity contribution >= 4 is 27.4 Å². The number of carbonyl (C=O) groups excluding carboxylic acids is 1. The lowest BCUT2D eigenvalue weighted by atomic mass is 10.1. The van der Waals surface area contributed by atoms with Gasteiger partial charge in [0.1, 0.15) is 5.75 Å². The molecule has 0 saturated carbocycles. The number of aromatic nitrogens is 1. The van der Waals surface area contributed by atoms with Crippen molar-refractivity contribution in [2.24, 2.45) is 0 Å². The van der Waals surface area contributed by atoms with Crippen molar-refractivity contribution in [2.75, 3.05) is 7.11 Å². The molecule has 1 aromatic carbocycles. The minimum absolute atomic E-state index is 0.332. The molecule has 2 heterocycles. The van der Waals surface area contributed by atoms with E-state index < -0.39 is 0 Å². The second-order valence-electron chi connectivity index (χ2n) is 4.45. The van der Waals surface area contributed by atoms with E-state index >= 15 is 0 Å². The van der Waals surface area contributed by atoms with Gasteiger partial charge in [0.25, 0.3) is 0 Å². The van der Waals surface area contributed by atoms with Crippen LogP contribution in [0.3, 0.4) is 0 Å². The first-order chi connectivity index (χ1) is 10.2. The normalized spacial score (nSPS) is 10.6. The average molecular weight is 299 g/mol. The standard InChI is InChI=1S/C16H13NO3S/c1-10(18)20-15-13-7-8-17-9-14(13)21-16(15)11-3-5-12(19-2)6-4-11/h3-9H,1-2H3. The molecule has 0 fully saturated rings. The number of hydrogen-bond acceptors (Lipinski definition) is 5. The Kier molecular flexibility index (Phi) is 3.58. The molecule has 0 spiro atoms. The minimum Gasteiger partial charge on any atom is -0.497 e. The molecular weight excluding hydrogens is 286 g/mol. The van der Waals surface area contributed by atoms with Crippen molar-refractivity contribution in [1.82, 2.24) is 4.98 Å². The van der Waals surface area contributed by atoms with Gasteiger partial charge in [0, 0.05) is 24.7 Å². The summed E-state index contributed by atoms with van der Waals surface area (Å²) in [4.78, 5) is 16.4. The highest BCUT2D eigenvalue weighted by atomic mass is 32.1. The van der Waals surface area contributed by atoms with Crippen molar-refractivity contribution in [3.63, 3.8) is 0 Å². The maximum absolute atomic E-state index is 11.4. The summed E-state index contributed by atoms with van der Waals surface area (Å²) in [6.07, 6.45) is 3.47. The van der Waals surface area contributed by atoms with Crippen LogP contribution in [0.25, 0.3) is 20.5 Å². The lowest BCUT2D eigenvalue weighted by Crippen LogP contribution is -2.01. The molecule has 0 amide bonds. The topological polar surface area (TPSA) is 48.4 Å². The summed E-state index contributed by atoms with van der Waals surface area (Å²) in [5.74, 6) is 1.05. The van der Waals surface area contributed by atoms with E-state index in [9.17, 15) is 4.79 Å². The molecule has 5 heteroatoms. The molecule has 0 aliphatic carbocycles. The third-order valence-electron chi connectivity index (χ3n) is 3.05. The fourth-order valence-electron chi connectivity index (χ4n) is 2.10. The molecule has 0 saturated heterocycles. The zero-order valence-electron chi connectivity index (χ0n) is 11.6. The van der Waals surface area contributed by atoms with Crippen LogP contribution in [0.2, 0.25) is 0 Å². The summed E-state index contributed by atoms with van der Waals surface area (Å²) in [5.41, 5.74) is 0.980. The van der Waals surface area contributed by atoms with Crippen molar-refractivity contribution in [1.29, 1.82) is 0 Å². The van der Waals surface area contributed by atoms with Gasteiger partial charge in [-0.1, -0.05) is 0 Å². The van der Waals surface area contributed by atoms with E-state index in [2.05, 4.69) is 4.98 Å². The van der Waals surface area contributed by atoms with Gasteiger partial charge in [-0.15, -0.1) is 11.3 Å². The summed E-state index contributed by atoms with van der Waals surface area (Å²) < 4.78 is 11.6. The highest BCUT2D eigenvalue weighted by Gasteiger charge is 2.17. The van der Waals surface area contributed by atoms with Crippen LogP contribution in [0, 0.1) is 0 Å². The SMILES string of the molecule is COc1ccc(-c2sc3cnccc3c2OC(C)=O)cc1. The van der Waals surface area contributed by atoms with Crippen LogP contribution in [0.15, 0.2) is 42.7 Å². The Morgan fingerprint density at radius 2 is 1.95 bits per heavy atom. The lowest BCUT2D eigenvalue weighted by Gasteiger charge is -2.05. The Morgan fingerprint density at radius 3 is 2.62 bits per heavy atom. The second kappa shape index (κ2) is 5.54. The quantitative estimate of drug-likeness (QED) is 0.688. The molecule has 2 aromatic heterocycles. The Hall–Kier alpha value is -2.40. The molecule has 3 aromatic rings. The van der Waals surface area contributed by atoms with E-state index in [0.29, 0.717) is 5.75 Å². The first-order valence-electron chi connectivity index (χ1n) is 6.38. The molecule has 0 unspecified atom stereocenters. The van der Waals surface area contributed by atoms with Crippen LogP contribution in [0.1, 0.15) is 6.92 Å². The number of carbonyl (C=O) groups is 1. The van der Waals surface area contributed by atoms with Gasteiger partial charge < -0.3 is 9.47 Å². The Labute approximate surface area is 126 Å². The minimum atomic E-state index is -0.332. The number of nitrogens with zero attached hydrogens (tertiary/aromatic N) is 1. The molecule has 0 N–H and O–H groups in total. The number of pyridine rings is 1. The van der Waals surface area contributed by atoms with Gasteiger partial charge in [-0.2, -0.15) is 0 Å².